The van der Waals surface area contributed by atoms with Crippen LogP contribution in [0.4, 0.5) is 5.95 Å². The van der Waals surface area contributed by atoms with E-state index in [0.29, 0.717) is 6.04 Å². The number of piperazine rings is 1. The number of nitrogens with one attached hydrogen (secondary N) is 1. The molecule has 1 atom stereocenters. The zero-order valence-electron chi connectivity index (χ0n) is 19.2. The van der Waals surface area contributed by atoms with Crippen molar-refractivity contribution < 1.29 is 0 Å². The van der Waals surface area contributed by atoms with Crippen LogP contribution in [0.15, 0.2) is 53.8 Å². The van der Waals surface area contributed by atoms with E-state index < -0.39 is 0 Å². The zero-order chi connectivity index (χ0) is 21.5. The largest absolute Gasteiger partial charge is 0.354 e. The quantitative estimate of drug-likeness (QED) is 0.351. The summed E-state index contributed by atoms with van der Waals surface area (Å²) in [4.78, 5) is 20.6. The minimum atomic E-state index is 0. The zero-order valence-corrected chi connectivity index (χ0v) is 21.6. The minimum absolute atomic E-state index is 0. The molecule has 2 aromatic rings. The van der Waals surface area contributed by atoms with E-state index in [-0.39, 0.29) is 24.0 Å². The molecule has 174 valence electrons. The van der Waals surface area contributed by atoms with Gasteiger partial charge in [-0.15, -0.1) is 24.0 Å². The van der Waals surface area contributed by atoms with Gasteiger partial charge in [-0.05, 0) is 43.5 Å². The average Bonchev–Trinajstić information content (AvgIpc) is 2.84. The van der Waals surface area contributed by atoms with E-state index in [1.807, 2.05) is 13.1 Å². The first-order valence-corrected chi connectivity index (χ1v) is 11.5. The van der Waals surface area contributed by atoms with Crippen molar-refractivity contribution in [3.63, 3.8) is 0 Å². The van der Waals surface area contributed by atoms with Crippen molar-refractivity contribution in [2.45, 2.75) is 25.8 Å². The number of halogens is 1. The Morgan fingerprint density at radius 1 is 1.00 bits per heavy atom. The Kier molecular flexibility index (Phi) is 9.52. The van der Waals surface area contributed by atoms with Gasteiger partial charge in [-0.1, -0.05) is 37.3 Å². The molecule has 1 aromatic heterocycles. The van der Waals surface area contributed by atoms with Crippen molar-refractivity contribution in [2.75, 3.05) is 57.8 Å². The molecule has 7 nitrogen and oxygen atoms in total. The highest BCUT2D eigenvalue weighted by Gasteiger charge is 2.26. The number of likely N-dealkylation sites (tertiary alicyclic amines) is 1. The second-order valence-corrected chi connectivity index (χ2v) is 8.60. The van der Waals surface area contributed by atoms with Gasteiger partial charge in [-0.25, -0.2) is 9.97 Å². The van der Waals surface area contributed by atoms with Gasteiger partial charge in [0, 0.05) is 52.2 Å². The van der Waals surface area contributed by atoms with Gasteiger partial charge in [-0.2, -0.15) is 0 Å². The number of hydrogen-bond donors (Lipinski definition) is 1. The van der Waals surface area contributed by atoms with E-state index in [9.17, 15) is 0 Å². The Balaban J connectivity index is 0.00000289. The third-order valence-electron chi connectivity index (χ3n) is 6.52. The van der Waals surface area contributed by atoms with E-state index in [0.717, 1.165) is 63.6 Å². The number of hydrogen-bond acceptors (Lipinski definition) is 5. The lowest BCUT2D eigenvalue weighted by molar-refractivity contribution is 0.138. The van der Waals surface area contributed by atoms with E-state index in [1.165, 1.54) is 18.4 Å². The molecule has 0 spiro atoms. The van der Waals surface area contributed by atoms with Crippen LogP contribution >= 0.6 is 24.0 Å². The summed E-state index contributed by atoms with van der Waals surface area (Å²) in [6.07, 6.45) is 6.17. The maximum atomic E-state index is 4.60. The van der Waals surface area contributed by atoms with Gasteiger partial charge in [0.15, 0.2) is 5.96 Å². The molecule has 3 heterocycles. The van der Waals surface area contributed by atoms with E-state index in [2.05, 4.69) is 72.2 Å². The van der Waals surface area contributed by atoms with Crippen molar-refractivity contribution in [2.24, 2.45) is 10.9 Å². The summed E-state index contributed by atoms with van der Waals surface area (Å²) in [6.45, 7) is 9.19. The van der Waals surface area contributed by atoms with Crippen LogP contribution in [0.2, 0.25) is 0 Å². The Morgan fingerprint density at radius 3 is 2.28 bits per heavy atom. The van der Waals surface area contributed by atoms with Crippen molar-refractivity contribution in [3.8, 4) is 0 Å². The first kappa shape index (κ1) is 24.7. The lowest BCUT2D eigenvalue weighted by atomic mass is 9.95. The smallest absolute Gasteiger partial charge is 0.225 e. The summed E-state index contributed by atoms with van der Waals surface area (Å²) in [5.74, 6) is 2.63. The number of aromatic nitrogens is 2. The molecule has 1 aromatic carbocycles. The minimum Gasteiger partial charge on any atom is -0.354 e. The molecule has 2 saturated heterocycles. The molecule has 2 aliphatic rings. The summed E-state index contributed by atoms with van der Waals surface area (Å²) in [5.41, 5.74) is 1.38. The normalized spacial score (nSPS) is 19.4. The molecule has 32 heavy (non-hydrogen) atoms. The first-order chi connectivity index (χ1) is 15.2. The highest BCUT2D eigenvalue weighted by Crippen LogP contribution is 2.26. The molecule has 2 aliphatic heterocycles. The second-order valence-electron chi connectivity index (χ2n) is 8.60. The fourth-order valence-corrected chi connectivity index (χ4v) is 4.57. The highest BCUT2D eigenvalue weighted by atomic mass is 127. The van der Waals surface area contributed by atoms with E-state index >= 15 is 0 Å². The lowest BCUT2D eigenvalue weighted by Gasteiger charge is -2.39. The molecule has 1 unspecified atom stereocenters. The lowest BCUT2D eigenvalue weighted by Crippen LogP contribution is -2.54. The standard InChI is InChI=1S/C24H35N7.HI/c1-20-9-13-29(14-10-20)22(21-7-4-3-5-8-21)19-28-23(25-2)30-15-17-31(18-16-30)24-26-11-6-12-27-24;/h3-8,11-12,20,22H,9-10,13-19H2,1-2H3,(H,25,28);1H. The van der Waals surface area contributed by atoms with Crippen LogP contribution in [0.1, 0.15) is 31.4 Å². The van der Waals surface area contributed by atoms with Crippen molar-refractivity contribution in [1.29, 1.82) is 0 Å². The topological polar surface area (TPSA) is 59.9 Å². The van der Waals surface area contributed by atoms with Crippen molar-refractivity contribution in [1.82, 2.24) is 25.1 Å². The Labute approximate surface area is 209 Å². The molecule has 1 N–H and O–H groups in total. The van der Waals surface area contributed by atoms with Crippen LogP contribution < -0.4 is 10.2 Å². The number of nitrogens with zero attached hydrogens (tertiary/aromatic N) is 6. The summed E-state index contributed by atoms with van der Waals surface area (Å²) >= 11 is 0. The molecular weight excluding hydrogens is 513 g/mol. The molecular formula is C24H36IN7. The van der Waals surface area contributed by atoms with Gasteiger partial charge >= 0.3 is 0 Å². The van der Waals surface area contributed by atoms with Crippen LogP contribution in [0.5, 0.6) is 0 Å². The molecule has 0 aliphatic carbocycles. The van der Waals surface area contributed by atoms with Gasteiger partial charge in [0.2, 0.25) is 5.95 Å². The number of rotatable bonds is 5. The van der Waals surface area contributed by atoms with Crippen LogP contribution in [0.25, 0.3) is 0 Å². The Hall–Kier alpha value is -1.94. The van der Waals surface area contributed by atoms with E-state index in [4.69, 9.17) is 0 Å². The highest BCUT2D eigenvalue weighted by molar-refractivity contribution is 14.0. The average molecular weight is 550 g/mol. The number of guanidine groups is 1. The molecule has 0 radical (unpaired) electrons. The fourth-order valence-electron chi connectivity index (χ4n) is 4.57. The summed E-state index contributed by atoms with van der Waals surface area (Å²) in [7, 11) is 1.88. The third-order valence-corrected chi connectivity index (χ3v) is 6.52. The van der Waals surface area contributed by atoms with Crippen LogP contribution in [0.3, 0.4) is 0 Å². The van der Waals surface area contributed by atoms with Gasteiger partial charge in [-0.3, -0.25) is 9.89 Å². The van der Waals surface area contributed by atoms with Gasteiger partial charge in [0.1, 0.15) is 0 Å². The monoisotopic (exact) mass is 549 g/mol. The first-order valence-electron chi connectivity index (χ1n) is 11.5. The Morgan fingerprint density at radius 2 is 1.66 bits per heavy atom. The number of piperidine rings is 1. The molecule has 0 amide bonds. The fraction of sp³-hybridized carbons (Fsp3) is 0.542. The third kappa shape index (κ3) is 6.31. The number of benzene rings is 1. The molecule has 4 rings (SSSR count). The summed E-state index contributed by atoms with van der Waals surface area (Å²) in [5, 5.41) is 3.69. The number of aliphatic imine (C=N–C) groups is 1. The van der Waals surface area contributed by atoms with Crippen LogP contribution in [-0.2, 0) is 0 Å². The van der Waals surface area contributed by atoms with Gasteiger partial charge in [0.25, 0.3) is 0 Å². The number of anilines is 1. The van der Waals surface area contributed by atoms with Gasteiger partial charge < -0.3 is 15.1 Å². The Bertz CT molecular complexity index is 817. The molecule has 2 fully saturated rings. The second kappa shape index (κ2) is 12.3. The molecule has 8 heteroatoms. The van der Waals surface area contributed by atoms with Crippen LogP contribution in [-0.4, -0.2) is 78.6 Å². The van der Waals surface area contributed by atoms with Crippen molar-refractivity contribution >= 4 is 35.9 Å². The molecule has 0 saturated carbocycles. The predicted octanol–water partition coefficient (Wildman–Crippen LogP) is 3.27. The van der Waals surface area contributed by atoms with E-state index in [1.54, 1.807) is 12.4 Å². The SMILES string of the molecule is CN=C(NCC(c1ccccc1)N1CCC(C)CC1)N1CCN(c2ncccn2)CC1.I. The van der Waals surface area contributed by atoms with Crippen LogP contribution in [0, 0.1) is 5.92 Å². The maximum Gasteiger partial charge on any atom is 0.225 e. The van der Waals surface area contributed by atoms with Crippen molar-refractivity contribution in [3.05, 3.63) is 54.4 Å². The summed E-state index contributed by atoms with van der Waals surface area (Å²) in [6, 6.07) is 13.1. The maximum absolute atomic E-state index is 4.60. The van der Waals surface area contributed by atoms with Gasteiger partial charge in [0.05, 0.1) is 6.04 Å². The predicted molar refractivity (Wildman–Crippen MR) is 142 cm³/mol. The summed E-state index contributed by atoms with van der Waals surface area (Å²) < 4.78 is 0. The molecule has 0 bridgehead atoms.